The summed E-state index contributed by atoms with van der Waals surface area (Å²) in [6.45, 7) is 3.21. The van der Waals surface area contributed by atoms with Gasteiger partial charge in [0.15, 0.2) is 0 Å². The lowest BCUT2D eigenvalue weighted by Gasteiger charge is -2.11. The molecule has 0 aliphatic carbocycles. The molecule has 0 atom stereocenters. The predicted molar refractivity (Wildman–Crippen MR) is 75.3 cm³/mol. The molecule has 0 radical (unpaired) electrons. The van der Waals surface area contributed by atoms with E-state index < -0.39 is 0 Å². The third kappa shape index (κ3) is 4.91. The largest absolute Gasteiger partial charge is 0.493 e. The fourth-order valence-corrected chi connectivity index (χ4v) is 1.84. The lowest BCUT2D eigenvalue weighted by atomic mass is 10.1. The lowest BCUT2D eigenvalue weighted by Crippen LogP contribution is -2.07. The molecule has 0 heterocycles. The van der Waals surface area contributed by atoms with Gasteiger partial charge in [-0.3, -0.25) is 0 Å². The Kier molecular flexibility index (Phi) is 6.97. The number of hydrogen-bond donors (Lipinski definition) is 1. The monoisotopic (exact) mass is 265 g/mol. The highest BCUT2D eigenvalue weighted by atomic mass is 16.5. The predicted octanol–water partition coefficient (Wildman–Crippen LogP) is 2.89. The number of carbonyl (C=O) groups is 1. The maximum atomic E-state index is 11.4. The van der Waals surface area contributed by atoms with Crippen molar-refractivity contribution in [2.75, 3.05) is 13.7 Å². The van der Waals surface area contributed by atoms with E-state index in [9.17, 15) is 4.79 Å². The summed E-state index contributed by atoms with van der Waals surface area (Å²) < 4.78 is 10.4. The Morgan fingerprint density at radius 3 is 2.68 bits per heavy atom. The van der Waals surface area contributed by atoms with Gasteiger partial charge in [0.2, 0.25) is 0 Å². The summed E-state index contributed by atoms with van der Waals surface area (Å²) in [5.74, 6) is 0.399. The van der Waals surface area contributed by atoms with Crippen LogP contribution in [0.4, 0.5) is 0 Å². The molecule has 19 heavy (non-hydrogen) atoms. The topological polar surface area (TPSA) is 61.5 Å². The second-order valence-corrected chi connectivity index (χ2v) is 4.43. The second kappa shape index (κ2) is 8.53. The molecule has 4 heteroatoms. The van der Waals surface area contributed by atoms with Crippen molar-refractivity contribution in [1.82, 2.24) is 0 Å². The summed E-state index contributed by atoms with van der Waals surface area (Å²) in [5.41, 5.74) is 7.01. The molecule has 0 aliphatic heterocycles. The Balaban J connectivity index is 2.60. The molecule has 0 amide bonds. The fraction of sp³-hybridized carbons (Fsp3) is 0.533. The summed E-state index contributed by atoms with van der Waals surface area (Å²) in [5, 5.41) is 0. The van der Waals surface area contributed by atoms with Crippen molar-refractivity contribution in [3.63, 3.8) is 0 Å². The van der Waals surface area contributed by atoms with Crippen LogP contribution in [0.5, 0.6) is 5.75 Å². The minimum absolute atomic E-state index is 0.342. The van der Waals surface area contributed by atoms with Gasteiger partial charge in [0, 0.05) is 12.1 Å². The van der Waals surface area contributed by atoms with E-state index in [0.29, 0.717) is 18.7 Å². The van der Waals surface area contributed by atoms with Crippen LogP contribution in [0.2, 0.25) is 0 Å². The maximum absolute atomic E-state index is 11.4. The van der Waals surface area contributed by atoms with E-state index in [1.165, 1.54) is 26.4 Å². The molecular formula is C15H23NO3. The van der Waals surface area contributed by atoms with Gasteiger partial charge in [-0.2, -0.15) is 0 Å². The third-order valence-corrected chi connectivity index (χ3v) is 2.96. The zero-order chi connectivity index (χ0) is 14.1. The number of nitrogens with two attached hydrogens (primary N) is 1. The van der Waals surface area contributed by atoms with E-state index in [2.05, 4.69) is 11.7 Å². The van der Waals surface area contributed by atoms with Crippen molar-refractivity contribution in [2.45, 2.75) is 39.2 Å². The summed E-state index contributed by atoms with van der Waals surface area (Å²) in [6, 6.07) is 5.22. The van der Waals surface area contributed by atoms with Gasteiger partial charge >= 0.3 is 5.97 Å². The van der Waals surface area contributed by atoms with Crippen molar-refractivity contribution < 1.29 is 14.3 Å². The van der Waals surface area contributed by atoms with Gasteiger partial charge < -0.3 is 15.2 Å². The Hall–Kier alpha value is -1.55. The van der Waals surface area contributed by atoms with Crippen molar-refractivity contribution in [1.29, 1.82) is 0 Å². The maximum Gasteiger partial charge on any atom is 0.337 e. The smallest absolute Gasteiger partial charge is 0.337 e. The van der Waals surface area contributed by atoms with Gasteiger partial charge in [0.1, 0.15) is 5.75 Å². The third-order valence-electron chi connectivity index (χ3n) is 2.96. The van der Waals surface area contributed by atoms with E-state index in [0.717, 1.165) is 17.7 Å². The van der Waals surface area contributed by atoms with Gasteiger partial charge in [0.25, 0.3) is 0 Å². The molecule has 0 aromatic heterocycles. The van der Waals surface area contributed by atoms with Crippen LogP contribution >= 0.6 is 0 Å². The molecule has 1 rings (SSSR count). The van der Waals surface area contributed by atoms with Gasteiger partial charge in [-0.25, -0.2) is 4.79 Å². The first-order valence-corrected chi connectivity index (χ1v) is 6.77. The van der Waals surface area contributed by atoms with E-state index in [-0.39, 0.29) is 5.97 Å². The molecule has 1 aromatic rings. The first-order chi connectivity index (χ1) is 9.22. The number of ether oxygens (including phenoxy) is 2. The number of carbonyl (C=O) groups excluding carboxylic acids is 1. The van der Waals surface area contributed by atoms with Gasteiger partial charge in [-0.05, 0) is 24.6 Å². The Morgan fingerprint density at radius 2 is 2.05 bits per heavy atom. The molecule has 0 bridgehead atoms. The molecule has 106 valence electrons. The Labute approximate surface area is 114 Å². The number of hydrogen-bond acceptors (Lipinski definition) is 4. The Morgan fingerprint density at radius 1 is 1.26 bits per heavy atom. The lowest BCUT2D eigenvalue weighted by molar-refractivity contribution is 0.0600. The minimum atomic E-state index is -0.357. The molecule has 1 aromatic carbocycles. The van der Waals surface area contributed by atoms with Crippen LogP contribution in [0.25, 0.3) is 0 Å². The fourth-order valence-electron chi connectivity index (χ4n) is 1.84. The van der Waals surface area contributed by atoms with E-state index >= 15 is 0 Å². The zero-order valence-electron chi connectivity index (χ0n) is 11.8. The highest BCUT2D eigenvalue weighted by Gasteiger charge is 2.09. The summed E-state index contributed by atoms with van der Waals surface area (Å²) in [4.78, 5) is 11.4. The van der Waals surface area contributed by atoms with Crippen LogP contribution in [-0.2, 0) is 11.3 Å². The SMILES string of the molecule is CCCCCCOc1ccc(C(=O)OC)cc1CN. The molecule has 0 spiro atoms. The first kappa shape index (κ1) is 15.5. The highest BCUT2D eigenvalue weighted by molar-refractivity contribution is 5.89. The van der Waals surface area contributed by atoms with Crippen molar-refractivity contribution in [3.05, 3.63) is 29.3 Å². The minimum Gasteiger partial charge on any atom is -0.493 e. The molecule has 0 fully saturated rings. The number of unbranched alkanes of at least 4 members (excludes halogenated alkanes) is 3. The molecule has 0 saturated heterocycles. The van der Waals surface area contributed by atoms with Crippen LogP contribution < -0.4 is 10.5 Å². The summed E-state index contributed by atoms with van der Waals surface area (Å²) >= 11 is 0. The normalized spacial score (nSPS) is 10.3. The molecule has 0 unspecified atom stereocenters. The van der Waals surface area contributed by atoms with Crippen LogP contribution in [0.1, 0.15) is 48.5 Å². The van der Waals surface area contributed by atoms with Crippen LogP contribution in [0.3, 0.4) is 0 Å². The molecule has 0 aliphatic rings. The van der Waals surface area contributed by atoms with Crippen LogP contribution in [-0.4, -0.2) is 19.7 Å². The van der Waals surface area contributed by atoms with Crippen LogP contribution in [0.15, 0.2) is 18.2 Å². The average molecular weight is 265 g/mol. The number of methoxy groups -OCH3 is 1. The quantitative estimate of drug-likeness (QED) is 0.580. The number of benzene rings is 1. The zero-order valence-corrected chi connectivity index (χ0v) is 11.8. The van der Waals surface area contributed by atoms with Gasteiger partial charge in [-0.1, -0.05) is 26.2 Å². The van der Waals surface area contributed by atoms with Gasteiger partial charge in [0.05, 0.1) is 19.3 Å². The van der Waals surface area contributed by atoms with E-state index in [1.807, 2.05) is 0 Å². The molecule has 2 N–H and O–H groups in total. The number of esters is 1. The van der Waals surface area contributed by atoms with Crippen molar-refractivity contribution in [2.24, 2.45) is 5.73 Å². The summed E-state index contributed by atoms with van der Waals surface area (Å²) in [7, 11) is 1.36. The van der Waals surface area contributed by atoms with Crippen molar-refractivity contribution >= 4 is 5.97 Å². The molecule has 4 nitrogen and oxygen atoms in total. The van der Waals surface area contributed by atoms with E-state index in [1.54, 1.807) is 18.2 Å². The van der Waals surface area contributed by atoms with Gasteiger partial charge in [-0.15, -0.1) is 0 Å². The second-order valence-electron chi connectivity index (χ2n) is 4.43. The molecular weight excluding hydrogens is 242 g/mol. The highest BCUT2D eigenvalue weighted by Crippen LogP contribution is 2.20. The van der Waals surface area contributed by atoms with Crippen LogP contribution in [0, 0.1) is 0 Å². The summed E-state index contributed by atoms with van der Waals surface area (Å²) in [6.07, 6.45) is 4.65. The average Bonchev–Trinajstić information content (AvgIpc) is 2.46. The Bertz CT molecular complexity index is 404. The standard InChI is InChI=1S/C15H23NO3/c1-3-4-5-6-9-19-14-8-7-12(15(17)18-2)10-13(14)11-16/h7-8,10H,3-6,9,11,16H2,1-2H3. The van der Waals surface area contributed by atoms with E-state index in [4.69, 9.17) is 10.5 Å². The first-order valence-electron chi connectivity index (χ1n) is 6.77. The molecule has 0 saturated carbocycles. The number of rotatable bonds is 8. The van der Waals surface area contributed by atoms with Crippen molar-refractivity contribution in [3.8, 4) is 5.75 Å².